The molecular weight excluding hydrogens is 730 g/mol. The number of hydrogen-bond donors (Lipinski definition) is 0. The Kier molecular flexibility index (Phi) is 114. The van der Waals surface area contributed by atoms with Crippen molar-refractivity contribution < 1.29 is 175 Å². The Balaban J connectivity index is -0.0000000176. The molecule has 2 aromatic rings. The third-order valence-electron chi connectivity index (χ3n) is 3.20. The number of allylic oxidation sites excluding steroid dienone is 2. The smallest absolute Gasteiger partial charge is 2.00 e. The van der Waals surface area contributed by atoms with Crippen molar-refractivity contribution in [2.45, 2.75) is 12.8 Å². The summed E-state index contributed by atoms with van der Waals surface area (Å²) in [7, 11) is 0. The average Bonchev–Trinajstić information content (AvgIpc) is 2.56. The molecule has 2 radical (unpaired) electrons. The van der Waals surface area contributed by atoms with Gasteiger partial charge in [0, 0.05) is 0 Å². The van der Waals surface area contributed by atoms with Gasteiger partial charge in [-0.3, -0.25) is 0 Å². The molecule has 2 heterocycles. The van der Waals surface area contributed by atoms with Crippen LogP contribution < -0.4 is 9.47 Å². The standard InChI is InChI=1S/2C9H8O.2Fe.9O.2Ti.2Zn/c2*1-2-6-9-8(4-1)5-3-7-10-9;;;;;;;;;;;;;;;/h2*1-4,6-7H,5H2;;;;;;;;;;;;;;;/q;;2*+3;9*-2;2*+4;2*+2. The third kappa shape index (κ3) is 27.7. The van der Waals surface area contributed by atoms with Gasteiger partial charge in [0.1, 0.15) is 11.5 Å². The Morgan fingerprint density at radius 3 is 0.971 bits per heavy atom. The van der Waals surface area contributed by atoms with Gasteiger partial charge in [0.25, 0.3) is 0 Å². The summed E-state index contributed by atoms with van der Waals surface area (Å²) < 4.78 is 10.5. The van der Waals surface area contributed by atoms with Crippen molar-refractivity contribution in [2.75, 3.05) is 0 Å². The van der Waals surface area contributed by atoms with E-state index in [4.69, 9.17) is 9.47 Å². The maximum atomic E-state index is 5.24. The molecule has 182 valence electrons. The monoisotopic (exact) mass is 744 g/mol. The first kappa shape index (κ1) is 83.4. The Morgan fingerprint density at radius 2 is 0.714 bits per heavy atom. The van der Waals surface area contributed by atoms with E-state index in [2.05, 4.69) is 12.1 Å². The normalized spacial score (nSPS) is 8.00. The average molecular weight is 747 g/mol. The third-order valence-corrected chi connectivity index (χ3v) is 3.20. The van der Waals surface area contributed by atoms with Crippen molar-refractivity contribution in [3.05, 3.63) is 84.3 Å². The summed E-state index contributed by atoms with van der Waals surface area (Å²) in [5, 5.41) is 0. The SMILES string of the molecule is C1=COc2ccccc2C1.C1=COc2ccccc2C1.[Fe+3].[Fe+3].[O-2].[O-2].[O-2].[O-2].[O-2].[O-2].[O-2].[O-2].[O-2].[Ti+4].[Ti+4].[Zn+2].[Zn+2]. The molecule has 0 bridgehead atoms. The van der Waals surface area contributed by atoms with Crippen LogP contribution >= 0.6 is 0 Å². The maximum absolute atomic E-state index is 5.24. The van der Waals surface area contributed by atoms with Crippen molar-refractivity contribution in [3.8, 4) is 11.5 Å². The molecule has 0 aromatic heterocycles. The quantitative estimate of drug-likeness (QED) is 0.367. The molecular formula is C18H16Fe2O11Ti2Zn2. The molecule has 0 unspecified atom stereocenters. The van der Waals surface area contributed by atoms with Crippen LogP contribution in [-0.4, -0.2) is 0 Å². The van der Waals surface area contributed by atoms with Gasteiger partial charge in [-0.1, -0.05) is 36.4 Å². The van der Waals surface area contributed by atoms with Crippen molar-refractivity contribution in [1.82, 2.24) is 0 Å². The Morgan fingerprint density at radius 1 is 0.457 bits per heavy atom. The van der Waals surface area contributed by atoms with Crippen molar-refractivity contribution >= 4 is 0 Å². The van der Waals surface area contributed by atoms with Gasteiger partial charge in [0.05, 0.1) is 12.5 Å². The summed E-state index contributed by atoms with van der Waals surface area (Å²) in [6.07, 6.45) is 9.50. The van der Waals surface area contributed by atoms with Crippen LogP contribution in [0.4, 0.5) is 0 Å². The summed E-state index contributed by atoms with van der Waals surface area (Å²) in [5.74, 6) is 1.98. The number of hydrogen-bond acceptors (Lipinski definition) is 2. The predicted octanol–water partition coefficient (Wildman–Crippen LogP) is 3.19. The minimum atomic E-state index is 0. The summed E-state index contributed by atoms with van der Waals surface area (Å²) >= 11 is 0. The Hall–Kier alpha value is 0.874. The van der Waals surface area contributed by atoms with E-state index in [1.165, 1.54) is 11.1 Å². The van der Waals surface area contributed by atoms with E-state index in [0.29, 0.717) is 0 Å². The summed E-state index contributed by atoms with van der Waals surface area (Å²) in [6.45, 7) is 0. The second-order valence-electron chi connectivity index (χ2n) is 4.60. The number of benzene rings is 2. The van der Waals surface area contributed by atoms with Gasteiger partial charge in [-0.15, -0.1) is 0 Å². The van der Waals surface area contributed by atoms with E-state index in [9.17, 15) is 0 Å². The van der Waals surface area contributed by atoms with Crippen molar-refractivity contribution in [1.29, 1.82) is 0 Å². The zero-order valence-electron chi connectivity index (χ0n) is 18.0. The van der Waals surface area contributed by atoms with E-state index < -0.39 is 0 Å². The minimum Gasteiger partial charge on any atom is -2.00 e. The zero-order chi connectivity index (χ0) is 13.6. The van der Waals surface area contributed by atoms with Gasteiger partial charge < -0.3 is 58.8 Å². The number of rotatable bonds is 0. The Labute approximate surface area is 281 Å². The van der Waals surface area contributed by atoms with Gasteiger partial charge in [0.2, 0.25) is 0 Å². The van der Waals surface area contributed by atoms with Crippen LogP contribution in [0.15, 0.2) is 73.2 Å². The maximum Gasteiger partial charge on any atom is 4.00 e. The summed E-state index contributed by atoms with van der Waals surface area (Å²) in [5.41, 5.74) is 2.54. The molecule has 0 spiro atoms. The molecule has 4 rings (SSSR count). The van der Waals surface area contributed by atoms with Crippen LogP contribution in [0, 0.1) is 0 Å². The molecule has 35 heavy (non-hydrogen) atoms. The van der Waals surface area contributed by atoms with Crippen LogP contribution in [0.25, 0.3) is 0 Å². The van der Waals surface area contributed by atoms with E-state index in [0.717, 1.165) is 24.3 Å². The fourth-order valence-electron chi connectivity index (χ4n) is 2.17. The largest absolute Gasteiger partial charge is 4.00 e. The van der Waals surface area contributed by atoms with Crippen molar-refractivity contribution in [2.24, 2.45) is 0 Å². The molecule has 0 N–H and O–H groups in total. The second-order valence-corrected chi connectivity index (χ2v) is 4.60. The van der Waals surface area contributed by atoms with E-state index >= 15 is 0 Å². The zero-order valence-corrected chi connectivity index (χ0v) is 29.2. The first-order chi connectivity index (χ1) is 9.93. The Bertz CT molecular complexity index is 581. The molecule has 0 aliphatic carbocycles. The van der Waals surface area contributed by atoms with Crippen LogP contribution in [0.3, 0.4) is 0 Å². The van der Waals surface area contributed by atoms with Crippen molar-refractivity contribution in [3.63, 3.8) is 0 Å². The molecule has 0 atom stereocenters. The fourth-order valence-corrected chi connectivity index (χ4v) is 2.17. The molecule has 0 fully saturated rings. The molecule has 2 aliphatic rings. The van der Waals surface area contributed by atoms with Gasteiger partial charge in [-0.2, -0.15) is 0 Å². The number of ether oxygens (including phenoxy) is 2. The molecule has 11 nitrogen and oxygen atoms in total. The molecule has 0 saturated heterocycles. The van der Waals surface area contributed by atoms with E-state index in [-0.39, 0.29) is 166 Å². The topological polar surface area (TPSA) is 275 Å². The molecule has 17 heteroatoms. The number of para-hydroxylation sites is 2. The van der Waals surface area contributed by atoms with E-state index in [1.54, 1.807) is 12.5 Å². The van der Waals surface area contributed by atoms with Gasteiger partial charge in [-0.05, 0) is 48.3 Å². The second kappa shape index (κ2) is 48.0. The van der Waals surface area contributed by atoms with Crippen LogP contribution in [0.2, 0.25) is 0 Å². The van der Waals surface area contributed by atoms with Crippen LogP contribution in [-0.2, 0) is 179 Å². The fraction of sp³-hybridized carbons (Fsp3) is 0.111. The molecule has 2 aromatic carbocycles. The molecule has 0 amide bonds. The first-order valence-corrected chi connectivity index (χ1v) is 6.72. The first-order valence-electron chi connectivity index (χ1n) is 6.72. The summed E-state index contributed by atoms with van der Waals surface area (Å²) in [6, 6.07) is 16.2. The summed E-state index contributed by atoms with van der Waals surface area (Å²) in [4.78, 5) is 0. The van der Waals surface area contributed by atoms with E-state index in [1.807, 2.05) is 48.6 Å². The van der Waals surface area contributed by atoms with Crippen LogP contribution in [0.5, 0.6) is 11.5 Å². The predicted molar refractivity (Wildman–Crippen MR) is 86.0 cm³/mol. The molecule has 2 aliphatic heterocycles. The number of fused-ring (bicyclic) bond motifs is 2. The van der Waals surface area contributed by atoms with Crippen LogP contribution in [0.1, 0.15) is 11.1 Å². The van der Waals surface area contributed by atoms with Gasteiger partial charge in [0.15, 0.2) is 0 Å². The van der Waals surface area contributed by atoms with Gasteiger partial charge in [-0.25, -0.2) is 0 Å². The van der Waals surface area contributed by atoms with Gasteiger partial charge >= 0.3 is 117 Å². The minimum absolute atomic E-state index is 0. The molecule has 0 saturated carbocycles.